The van der Waals surface area contributed by atoms with Crippen LogP contribution in [0, 0.1) is 6.92 Å². The van der Waals surface area contributed by atoms with E-state index in [2.05, 4.69) is 15.3 Å². The Bertz CT molecular complexity index is 388. The first-order valence-electron chi connectivity index (χ1n) is 6.06. The van der Waals surface area contributed by atoms with Crippen molar-refractivity contribution < 1.29 is 4.79 Å². The lowest BCUT2D eigenvalue weighted by Gasteiger charge is -2.15. The molecule has 5 heteroatoms. The van der Waals surface area contributed by atoms with Gasteiger partial charge in [-0.05, 0) is 19.8 Å². The molecule has 1 aliphatic heterocycles. The maximum atomic E-state index is 11.8. The summed E-state index contributed by atoms with van der Waals surface area (Å²) in [7, 11) is 0. The maximum Gasteiger partial charge on any atom is 0.224 e. The van der Waals surface area contributed by atoms with Crippen LogP contribution >= 0.6 is 0 Å². The van der Waals surface area contributed by atoms with Gasteiger partial charge in [0.1, 0.15) is 5.82 Å². The van der Waals surface area contributed by atoms with Crippen molar-refractivity contribution in [3.63, 3.8) is 0 Å². The Morgan fingerprint density at radius 2 is 2.06 bits per heavy atom. The summed E-state index contributed by atoms with van der Waals surface area (Å²) in [5, 5.41) is 3.15. The Morgan fingerprint density at radius 1 is 1.35 bits per heavy atom. The highest BCUT2D eigenvalue weighted by Gasteiger charge is 2.17. The SMILES string of the molecule is Cc1nccnc1NCCC(=O)N1CCCC1. The summed E-state index contributed by atoms with van der Waals surface area (Å²) in [6.45, 7) is 4.36. The van der Waals surface area contributed by atoms with Gasteiger partial charge in [-0.15, -0.1) is 0 Å². The summed E-state index contributed by atoms with van der Waals surface area (Å²) >= 11 is 0. The van der Waals surface area contributed by atoms with Gasteiger partial charge in [-0.3, -0.25) is 9.78 Å². The van der Waals surface area contributed by atoms with E-state index in [4.69, 9.17) is 0 Å². The van der Waals surface area contributed by atoms with Crippen molar-refractivity contribution >= 4 is 11.7 Å². The number of hydrogen-bond donors (Lipinski definition) is 1. The Morgan fingerprint density at radius 3 is 2.76 bits per heavy atom. The molecular formula is C12H18N4O. The summed E-state index contributed by atoms with van der Waals surface area (Å²) < 4.78 is 0. The van der Waals surface area contributed by atoms with Gasteiger partial charge in [0.2, 0.25) is 5.91 Å². The van der Waals surface area contributed by atoms with Gasteiger partial charge in [0.25, 0.3) is 0 Å². The number of likely N-dealkylation sites (tertiary alicyclic amines) is 1. The van der Waals surface area contributed by atoms with Gasteiger partial charge in [0.15, 0.2) is 0 Å². The Balaban J connectivity index is 1.76. The molecule has 0 radical (unpaired) electrons. The second kappa shape index (κ2) is 5.61. The number of anilines is 1. The van der Waals surface area contributed by atoms with Gasteiger partial charge < -0.3 is 10.2 Å². The Kier molecular flexibility index (Phi) is 3.90. The fourth-order valence-corrected chi connectivity index (χ4v) is 1.99. The number of amides is 1. The minimum atomic E-state index is 0.233. The number of carbonyl (C=O) groups is 1. The normalized spacial score (nSPS) is 15.0. The predicted octanol–water partition coefficient (Wildman–Crippen LogP) is 1.21. The van der Waals surface area contributed by atoms with E-state index in [-0.39, 0.29) is 5.91 Å². The van der Waals surface area contributed by atoms with Gasteiger partial charge in [-0.1, -0.05) is 0 Å². The lowest BCUT2D eigenvalue weighted by Crippen LogP contribution is -2.29. The minimum Gasteiger partial charge on any atom is -0.368 e. The number of hydrogen-bond acceptors (Lipinski definition) is 4. The highest BCUT2D eigenvalue weighted by molar-refractivity contribution is 5.76. The van der Waals surface area contributed by atoms with E-state index in [1.54, 1.807) is 12.4 Å². The summed E-state index contributed by atoms with van der Waals surface area (Å²) in [4.78, 5) is 22.0. The van der Waals surface area contributed by atoms with Crippen molar-refractivity contribution in [1.82, 2.24) is 14.9 Å². The largest absolute Gasteiger partial charge is 0.368 e. The zero-order valence-electron chi connectivity index (χ0n) is 10.1. The Labute approximate surface area is 101 Å². The third-order valence-electron chi connectivity index (χ3n) is 2.97. The molecule has 1 N–H and O–H groups in total. The van der Waals surface area contributed by atoms with Gasteiger partial charge in [-0.2, -0.15) is 0 Å². The second-order valence-electron chi connectivity index (χ2n) is 4.26. The highest BCUT2D eigenvalue weighted by atomic mass is 16.2. The maximum absolute atomic E-state index is 11.8. The van der Waals surface area contributed by atoms with Crippen LogP contribution in [0.25, 0.3) is 0 Å². The summed E-state index contributed by atoms with van der Waals surface area (Å²) in [6.07, 6.45) is 6.12. The molecule has 1 amide bonds. The van der Waals surface area contributed by atoms with Crippen molar-refractivity contribution in [3.05, 3.63) is 18.1 Å². The molecule has 2 heterocycles. The molecule has 0 bridgehead atoms. The third kappa shape index (κ3) is 3.15. The lowest BCUT2D eigenvalue weighted by molar-refractivity contribution is -0.129. The van der Waals surface area contributed by atoms with Crippen LogP contribution in [0.15, 0.2) is 12.4 Å². The zero-order chi connectivity index (χ0) is 12.1. The van der Waals surface area contributed by atoms with Crippen LogP contribution in [0.2, 0.25) is 0 Å². The van der Waals surface area contributed by atoms with Crippen molar-refractivity contribution in [2.45, 2.75) is 26.2 Å². The monoisotopic (exact) mass is 234 g/mol. The average molecular weight is 234 g/mol. The number of nitrogens with one attached hydrogen (secondary N) is 1. The molecule has 92 valence electrons. The Hall–Kier alpha value is -1.65. The van der Waals surface area contributed by atoms with Crippen LogP contribution in [0.5, 0.6) is 0 Å². The van der Waals surface area contributed by atoms with Crippen molar-refractivity contribution in [3.8, 4) is 0 Å². The van der Waals surface area contributed by atoms with Crippen molar-refractivity contribution in [1.29, 1.82) is 0 Å². The molecule has 0 unspecified atom stereocenters. The molecule has 0 aromatic carbocycles. The second-order valence-corrected chi connectivity index (χ2v) is 4.26. The quantitative estimate of drug-likeness (QED) is 0.850. The molecule has 0 spiro atoms. The lowest BCUT2D eigenvalue weighted by atomic mass is 10.3. The van der Waals surface area contributed by atoms with Gasteiger partial charge in [-0.25, -0.2) is 4.98 Å². The molecule has 1 aliphatic rings. The molecule has 1 aromatic rings. The van der Waals surface area contributed by atoms with E-state index < -0.39 is 0 Å². The van der Waals surface area contributed by atoms with Crippen LogP contribution in [-0.2, 0) is 4.79 Å². The molecule has 0 atom stereocenters. The average Bonchev–Trinajstić information content (AvgIpc) is 2.85. The van der Waals surface area contributed by atoms with Crippen LogP contribution in [0.1, 0.15) is 25.0 Å². The molecule has 5 nitrogen and oxygen atoms in total. The fourth-order valence-electron chi connectivity index (χ4n) is 1.99. The first-order valence-corrected chi connectivity index (χ1v) is 6.06. The molecule has 2 rings (SSSR count). The van der Waals surface area contributed by atoms with E-state index in [1.165, 1.54) is 0 Å². The molecule has 1 fully saturated rings. The number of nitrogens with zero attached hydrogens (tertiary/aromatic N) is 3. The zero-order valence-corrected chi connectivity index (χ0v) is 10.1. The minimum absolute atomic E-state index is 0.233. The fraction of sp³-hybridized carbons (Fsp3) is 0.583. The van der Waals surface area contributed by atoms with Gasteiger partial charge >= 0.3 is 0 Å². The van der Waals surface area contributed by atoms with E-state index in [0.717, 1.165) is 37.4 Å². The van der Waals surface area contributed by atoms with Crippen molar-refractivity contribution in [2.24, 2.45) is 0 Å². The third-order valence-corrected chi connectivity index (χ3v) is 2.97. The van der Waals surface area contributed by atoms with Gasteiger partial charge in [0.05, 0.1) is 5.69 Å². The van der Waals surface area contributed by atoms with Crippen LogP contribution in [0.3, 0.4) is 0 Å². The van der Waals surface area contributed by atoms with Crippen LogP contribution in [-0.4, -0.2) is 40.4 Å². The van der Waals surface area contributed by atoms with E-state index in [1.807, 2.05) is 11.8 Å². The summed E-state index contributed by atoms with van der Waals surface area (Å²) in [5.74, 6) is 0.998. The van der Waals surface area contributed by atoms with Crippen molar-refractivity contribution in [2.75, 3.05) is 25.0 Å². The van der Waals surface area contributed by atoms with E-state index in [9.17, 15) is 4.79 Å². The summed E-state index contributed by atoms with van der Waals surface area (Å²) in [5.41, 5.74) is 0.862. The first kappa shape index (κ1) is 11.8. The molecule has 1 saturated heterocycles. The number of aromatic nitrogens is 2. The van der Waals surface area contributed by atoms with Crippen LogP contribution in [0.4, 0.5) is 5.82 Å². The van der Waals surface area contributed by atoms with E-state index >= 15 is 0 Å². The number of rotatable bonds is 4. The number of aryl methyl sites for hydroxylation is 1. The standard InChI is InChI=1S/C12H18N4O/c1-10-12(15-7-6-13-10)14-5-4-11(17)16-8-2-3-9-16/h6-7H,2-5,8-9H2,1H3,(H,14,15). The van der Waals surface area contributed by atoms with Gasteiger partial charge in [0, 0.05) is 38.4 Å². The highest BCUT2D eigenvalue weighted by Crippen LogP contribution is 2.10. The topological polar surface area (TPSA) is 58.1 Å². The smallest absolute Gasteiger partial charge is 0.224 e. The molecule has 0 saturated carbocycles. The molecular weight excluding hydrogens is 216 g/mol. The predicted molar refractivity (Wildman–Crippen MR) is 65.7 cm³/mol. The molecule has 1 aromatic heterocycles. The summed E-state index contributed by atoms with van der Waals surface area (Å²) in [6, 6.07) is 0. The molecule has 0 aliphatic carbocycles. The molecule has 17 heavy (non-hydrogen) atoms. The first-order chi connectivity index (χ1) is 8.27. The number of carbonyl (C=O) groups excluding carboxylic acids is 1. The van der Waals surface area contributed by atoms with Crippen LogP contribution < -0.4 is 5.32 Å². The van der Waals surface area contributed by atoms with E-state index in [0.29, 0.717) is 13.0 Å².